The molecule has 34 heavy (non-hydrogen) atoms. The van der Waals surface area contributed by atoms with Gasteiger partial charge in [0.25, 0.3) is 0 Å². The van der Waals surface area contributed by atoms with E-state index in [1.165, 1.54) is 6.33 Å². The smallest absolute Gasteiger partial charge is 0.200 e. The minimum atomic E-state index is -2.11. The Kier molecular flexibility index (Phi) is 6.50. The molecular formula is C23H36N6O4Si. The molecule has 4 rings (SSSR count). The minimum Gasteiger partial charge on any atom is -0.413 e. The number of nitrogen functional groups attached to an aromatic ring is 1. The van der Waals surface area contributed by atoms with Gasteiger partial charge in [-0.2, -0.15) is 10.4 Å². The van der Waals surface area contributed by atoms with Crippen molar-refractivity contribution in [3.63, 3.8) is 0 Å². The molecule has 0 spiro atoms. The first-order chi connectivity index (χ1) is 15.9. The third-order valence-electron chi connectivity index (χ3n) is 7.20. The van der Waals surface area contributed by atoms with Crippen LogP contribution in [-0.2, 0) is 18.6 Å². The summed E-state index contributed by atoms with van der Waals surface area (Å²) in [6, 6.07) is 2.09. The van der Waals surface area contributed by atoms with Gasteiger partial charge in [0.1, 0.15) is 36.5 Å². The lowest BCUT2D eigenvalue weighted by atomic mass is 10.1. The van der Waals surface area contributed by atoms with Crippen LogP contribution in [0.4, 0.5) is 5.82 Å². The van der Waals surface area contributed by atoms with Crippen LogP contribution in [0, 0.1) is 11.3 Å². The molecule has 186 valence electrons. The molecule has 0 aromatic carbocycles. The number of hydrogen-bond acceptors (Lipinski definition) is 9. The summed E-state index contributed by atoms with van der Waals surface area (Å²) in [5, 5.41) is 14.5. The van der Waals surface area contributed by atoms with E-state index in [0.717, 1.165) is 0 Å². The molecule has 0 bridgehead atoms. The van der Waals surface area contributed by atoms with Crippen molar-refractivity contribution < 1.29 is 18.6 Å². The minimum absolute atomic E-state index is 0.150. The number of fused-ring (bicyclic) bond motifs is 2. The van der Waals surface area contributed by atoms with Crippen molar-refractivity contribution in [1.82, 2.24) is 19.7 Å². The van der Waals surface area contributed by atoms with E-state index in [1.807, 2.05) is 13.8 Å². The van der Waals surface area contributed by atoms with Gasteiger partial charge in [0.15, 0.2) is 31.7 Å². The van der Waals surface area contributed by atoms with Crippen molar-refractivity contribution in [2.24, 2.45) is 0 Å². The van der Waals surface area contributed by atoms with Crippen molar-refractivity contribution in [3.05, 3.63) is 12.0 Å². The van der Waals surface area contributed by atoms with Gasteiger partial charge < -0.3 is 24.4 Å². The van der Waals surface area contributed by atoms with Crippen molar-refractivity contribution in [2.75, 3.05) is 12.3 Å². The Labute approximate surface area is 201 Å². The van der Waals surface area contributed by atoms with E-state index >= 15 is 0 Å². The number of nitrogens with two attached hydrogens (primary N) is 1. The van der Waals surface area contributed by atoms with Gasteiger partial charge in [0, 0.05) is 0 Å². The predicted octanol–water partition coefficient (Wildman–Crippen LogP) is 3.89. The maximum atomic E-state index is 9.62. The number of nitriles is 1. The molecule has 4 heterocycles. The molecule has 0 unspecified atom stereocenters. The molecule has 0 amide bonds. The van der Waals surface area contributed by atoms with E-state index in [0.29, 0.717) is 34.3 Å². The molecule has 2 fully saturated rings. The summed E-state index contributed by atoms with van der Waals surface area (Å²) < 4.78 is 27.4. The second-order valence-corrected chi connectivity index (χ2v) is 16.1. The highest BCUT2D eigenvalue weighted by Crippen LogP contribution is 2.46. The Morgan fingerprint density at radius 1 is 1.12 bits per heavy atom. The Balaban J connectivity index is 1.69. The molecule has 0 saturated carbocycles. The molecule has 0 aliphatic carbocycles. The SMILES string of the molecule is CC(C)[Si](OC[C@H]1O[C@@H](n2nc(C#N)c3c(N)ncnc32)[C@@H]2OC(C)(C)O[C@@H]21)(C(C)C)C(C)C. The zero-order chi connectivity index (χ0) is 25.0. The van der Waals surface area contributed by atoms with Gasteiger partial charge in [0.2, 0.25) is 0 Å². The van der Waals surface area contributed by atoms with Crippen LogP contribution in [0.2, 0.25) is 16.6 Å². The van der Waals surface area contributed by atoms with Crippen molar-refractivity contribution in [1.29, 1.82) is 5.26 Å². The number of aromatic nitrogens is 4. The topological polar surface area (TPSA) is 130 Å². The number of rotatable bonds is 7. The van der Waals surface area contributed by atoms with Crippen LogP contribution in [-0.4, -0.2) is 58.8 Å². The fourth-order valence-electron chi connectivity index (χ4n) is 5.97. The van der Waals surface area contributed by atoms with Crippen LogP contribution in [0.25, 0.3) is 11.0 Å². The van der Waals surface area contributed by atoms with Crippen LogP contribution in [0.5, 0.6) is 0 Å². The first kappa shape index (κ1) is 25.0. The van der Waals surface area contributed by atoms with E-state index in [9.17, 15) is 5.26 Å². The predicted molar refractivity (Wildman–Crippen MR) is 129 cm³/mol. The summed E-state index contributed by atoms with van der Waals surface area (Å²) in [6.07, 6.45) is -0.436. The normalized spacial score (nSPS) is 26.6. The molecule has 2 saturated heterocycles. The number of nitrogens with zero attached hydrogens (tertiary/aromatic N) is 5. The Morgan fingerprint density at radius 2 is 1.74 bits per heavy atom. The van der Waals surface area contributed by atoms with E-state index in [2.05, 4.69) is 62.7 Å². The first-order valence-corrected chi connectivity index (χ1v) is 14.1. The zero-order valence-electron chi connectivity index (χ0n) is 21.3. The lowest BCUT2D eigenvalue weighted by molar-refractivity contribution is -0.200. The third-order valence-corrected chi connectivity index (χ3v) is 13.3. The maximum Gasteiger partial charge on any atom is 0.200 e. The van der Waals surface area contributed by atoms with Crippen LogP contribution in [0.15, 0.2) is 6.33 Å². The zero-order valence-corrected chi connectivity index (χ0v) is 22.3. The molecule has 2 aliphatic heterocycles. The van der Waals surface area contributed by atoms with Gasteiger partial charge in [-0.25, -0.2) is 14.6 Å². The van der Waals surface area contributed by atoms with E-state index in [4.69, 9.17) is 24.4 Å². The molecular weight excluding hydrogens is 452 g/mol. The standard InChI is InChI=1S/C23H36N6O4Si/c1-12(2)34(13(3)4,14(5)6)30-10-16-18-19(33-23(7,8)32-18)22(31-16)29-21-17(15(9-24)28-29)20(25)26-11-27-21/h11-14,16,18-19,22H,10H2,1-8H3,(H2,25,26,27)/t16-,18-,19-,22-/m1/s1. The van der Waals surface area contributed by atoms with Gasteiger partial charge in [-0.1, -0.05) is 41.5 Å². The van der Waals surface area contributed by atoms with Crippen LogP contribution >= 0.6 is 0 Å². The molecule has 10 nitrogen and oxygen atoms in total. The number of anilines is 1. The molecule has 2 aromatic heterocycles. The summed E-state index contributed by atoms with van der Waals surface area (Å²) in [5.41, 5.74) is 7.96. The molecule has 0 radical (unpaired) electrons. The summed E-state index contributed by atoms with van der Waals surface area (Å²) in [7, 11) is -2.11. The highest BCUT2D eigenvalue weighted by molar-refractivity contribution is 6.77. The second-order valence-electron chi connectivity index (χ2n) is 10.6. The summed E-state index contributed by atoms with van der Waals surface area (Å²) in [5.74, 6) is -0.583. The highest BCUT2D eigenvalue weighted by atomic mass is 28.4. The van der Waals surface area contributed by atoms with E-state index in [-0.39, 0.29) is 23.7 Å². The van der Waals surface area contributed by atoms with Gasteiger partial charge in [-0.15, -0.1) is 0 Å². The molecule has 11 heteroatoms. The van der Waals surface area contributed by atoms with Crippen LogP contribution < -0.4 is 5.73 Å². The van der Waals surface area contributed by atoms with Gasteiger partial charge in [0.05, 0.1) is 12.0 Å². The van der Waals surface area contributed by atoms with Crippen molar-refractivity contribution >= 4 is 25.2 Å². The highest BCUT2D eigenvalue weighted by Gasteiger charge is 2.57. The summed E-state index contributed by atoms with van der Waals surface area (Å²) in [6.45, 7) is 17.7. The Bertz CT molecular complexity index is 1070. The fraction of sp³-hybridized carbons (Fsp3) is 0.739. The lowest BCUT2D eigenvalue weighted by Gasteiger charge is -2.43. The van der Waals surface area contributed by atoms with Crippen molar-refractivity contribution in [2.45, 2.75) is 102 Å². The van der Waals surface area contributed by atoms with Gasteiger partial charge >= 0.3 is 0 Å². The average Bonchev–Trinajstić information content (AvgIpc) is 3.37. The summed E-state index contributed by atoms with van der Waals surface area (Å²) >= 11 is 0. The Morgan fingerprint density at radius 3 is 2.32 bits per heavy atom. The van der Waals surface area contributed by atoms with Crippen LogP contribution in [0.1, 0.15) is 67.3 Å². The van der Waals surface area contributed by atoms with E-state index < -0.39 is 26.4 Å². The number of hydrogen-bond donors (Lipinski definition) is 1. The first-order valence-electron chi connectivity index (χ1n) is 12.0. The number of ether oxygens (including phenoxy) is 3. The molecule has 2 aliphatic rings. The molecule has 2 aromatic rings. The van der Waals surface area contributed by atoms with Gasteiger partial charge in [-0.3, -0.25) is 0 Å². The monoisotopic (exact) mass is 488 g/mol. The van der Waals surface area contributed by atoms with Crippen LogP contribution in [0.3, 0.4) is 0 Å². The molecule has 2 N–H and O–H groups in total. The van der Waals surface area contributed by atoms with E-state index in [1.54, 1.807) is 4.68 Å². The largest absolute Gasteiger partial charge is 0.413 e. The van der Waals surface area contributed by atoms with Gasteiger partial charge in [-0.05, 0) is 30.5 Å². The third kappa shape index (κ3) is 3.91. The lowest BCUT2D eigenvalue weighted by Crippen LogP contribution is -2.50. The second kappa shape index (κ2) is 8.84. The average molecular weight is 489 g/mol. The van der Waals surface area contributed by atoms with Crippen molar-refractivity contribution in [3.8, 4) is 6.07 Å². The Hall–Kier alpha value is -2.10. The fourth-order valence-corrected chi connectivity index (χ4v) is 11.4. The summed E-state index contributed by atoms with van der Waals surface area (Å²) in [4.78, 5) is 8.36. The maximum absolute atomic E-state index is 9.62. The quantitative estimate of drug-likeness (QED) is 0.577. The molecule has 4 atom stereocenters.